The van der Waals surface area contributed by atoms with E-state index in [9.17, 15) is 0 Å². The van der Waals surface area contributed by atoms with Crippen molar-refractivity contribution in [3.8, 4) is 5.75 Å². The molecule has 0 saturated carbocycles. The maximum absolute atomic E-state index is 6.00. The van der Waals surface area contributed by atoms with E-state index < -0.39 is 0 Å². The molecular formula is C24H33NO2. The van der Waals surface area contributed by atoms with Crippen LogP contribution in [0.2, 0.25) is 0 Å². The van der Waals surface area contributed by atoms with Crippen LogP contribution in [0, 0.1) is 5.92 Å². The number of rotatable bonds is 9. The molecule has 1 aliphatic rings. The highest BCUT2D eigenvalue weighted by Crippen LogP contribution is 2.30. The summed E-state index contributed by atoms with van der Waals surface area (Å²) in [6, 6.07) is 15.2. The number of hydrogen-bond acceptors (Lipinski definition) is 3. The van der Waals surface area contributed by atoms with Crippen LogP contribution in [-0.2, 0) is 24.2 Å². The minimum absolute atomic E-state index is 0.505. The predicted molar refractivity (Wildman–Crippen MR) is 111 cm³/mol. The lowest BCUT2D eigenvalue weighted by Crippen LogP contribution is -2.20. The highest BCUT2D eigenvalue weighted by Gasteiger charge is 2.20. The molecule has 27 heavy (non-hydrogen) atoms. The van der Waals surface area contributed by atoms with E-state index in [4.69, 9.17) is 15.2 Å². The fourth-order valence-corrected chi connectivity index (χ4v) is 4.08. The van der Waals surface area contributed by atoms with Gasteiger partial charge in [-0.15, -0.1) is 0 Å². The Morgan fingerprint density at radius 3 is 2.63 bits per heavy atom. The van der Waals surface area contributed by atoms with Crippen LogP contribution in [-0.4, -0.2) is 20.3 Å². The highest BCUT2D eigenvalue weighted by atomic mass is 16.5. The smallest absolute Gasteiger partial charge is 0.118 e. The van der Waals surface area contributed by atoms with E-state index >= 15 is 0 Å². The van der Waals surface area contributed by atoms with Crippen molar-refractivity contribution < 1.29 is 9.47 Å². The summed E-state index contributed by atoms with van der Waals surface area (Å²) in [5.74, 6) is 2.01. The van der Waals surface area contributed by atoms with E-state index in [1.165, 1.54) is 41.5 Å². The van der Waals surface area contributed by atoms with Crippen LogP contribution in [0.4, 0.5) is 0 Å². The summed E-state index contributed by atoms with van der Waals surface area (Å²) in [6.07, 6.45) is 5.85. The summed E-state index contributed by atoms with van der Waals surface area (Å²) in [6.45, 7) is 4.47. The van der Waals surface area contributed by atoms with Gasteiger partial charge in [-0.3, -0.25) is 0 Å². The molecule has 0 fully saturated rings. The maximum atomic E-state index is 6.00. The zero-order valence-corrected chi connectivity index (χ0v) is 16.7. The molecule has 2 atom stereocenters. The lowest BCUT2D eigenvalue weighted by atomic mass is 9.82. The van der Waals surface area contributed by atoms with Gasteiger partial charge in [0.25, 0.3) is 0 Å². The summed E-state index contributed by atoms with van der Waals surface area (Å²) in [5.41, 5.74) is 11.6. The fourth-order valence-electron chi connectivity index (χ4n) is 4.08. The maximum Gasteiger partial charge on any atom is 0.118 e. The average Bonchev–Trinajstić information content (AvgIpc) is 2.72. The van der Waals surface area contributed by atoms with E-state index in [-0.39, 0.29) is 0 Å². The van der Waals surface area contributed by atoms with Crippen molar-refractivity contribution in [3.05, 3.63) is 64.7 Å². The van der Waals surface area contributed by atoms with Crippen LogP contribution < -0.4 is 10.5 Å². The first-order valence-electron chi connectivity index (χ1n) is 10.3. The van der Waals surface area contributed by atoms with Gasteiger partial charge in [-0.05, 0) is 78.5 Å². The zero-order valence-electron chi connectivity index (χ0n) is 16.7. The SMILES string of the molecule is CCCC(CN)c1ccc2c(c1)CC[C@H](COCc1ccc(OC)cc1)C2. The molecular weight excluding hydrogens is 334 g/mol. The molecule has 0 saturated heterocycles. The van der Waals surface area contributed by atoms with E-state index in [0.717, 1.165) is 31.7 Å². The first-order chi connectivity index (χ1) is 13.2. The minimum Gasteiger partial charge on any atom is -0.497 e. The summed E-state index contributed by atoms with van der Waals surface area (Å²) in [5, 5.41) is 0. The van der Waals surface area contributed by atoms with Gasteiger partial charge in [-0.2, -0.15) is 0 Å². The van der Waals surface area contributed by atoms with Crippen molar-refractivity contribution in [1.29, 1.82) is 0 Å². The van der Waals surface area contributed by atoms with Crippen molar-refractivity contribution in [2.75, 3.05) is 20.3 Å². The van der Waals surface area contributed by atoms with Crippen molar-refractivity contribution >= 4 is 0 Å². The lowest BCUT2D eigenvalue weighted by molar-refractivity contribution is 0.0823. The quantitative estimate of drug-likeness (QED) is 0.688. The van der Waals surface area contributed by atoms with E-state index in [0.29, 0.717) is 18.4 Å². The van der Waals surface area contributed by atoms with Crippen molar-refractivity contribution in [2.24, 2.45) is 11.7 Å². The molecule has 0 heterocycles. The van der Waals surface area contributed by atoms with Crippen LogP contribution in [0.5, 0.6) is 5.75 Å². The molecule has 3 nitrogen and oxygen atoms in total. The number of nitrogens with two attached hydrogens (primary N) is 1. The Morgan fingerprint density at radius 1 is 1.11 bits per heavy atom. The number of hydrogen-bond donors (Lipinski definition) is 1. The Hall–Kier alpha value is -1.84. The van der Waals surface area contributed by atoms with Gasteiger partial charge in [0.15, 0.2) is 0 Å². The second-order valence-electron chi connectivity index (χ2n) is 7.72. The molecule has 2 aromatic rings. The third kappa shape index (κ3) is 5.33. The van der Waals surface area contributed by atoms with Gasteiger partial charge in [0.1, 0.15) is 5.75 Å². The van der Waals surface area contributed by atoms with E-state index in [1.54, 1.807) is 7.11 Å². The topological polar surface area (TPSA) is 44.5 Å². The van der Waals surface area contributed by atoms with Gasteiger partial charge in [0.05, 0.1) is 20.3 Å². The molecule has 146 valence electrons. The van der Waals surface area contributed by atoms with Crippen LogP contribution in [0.15, 0.2) is 42.5 Å². The van der Waals surface area contributed by atoms with Crippen LogP contribution in [0.25, 0.3) is 0 Å². The molecule has 0 aromatic heterocycles. The molecule has 1 unspecified atom stereocenters. The molecule has 0 radical (unpaired) electrons. The Labute approximate surface area is 163 Å². The normalized spacial score (nSPS) is 17.4. The van der Waals surface area contributed by atoms with Crippen molar-refractivity contribution in [3.63, 3.8) is 0 Å². The molecule has 0 aliphatic heterocycles. The summed E-state index contributed by atoms with van der Waals surface area (Å²) in [7, 11) is 1.69. The van der Waals surface area contributed by atoms with Gasteiger partial charge in [-0.1, -0.05) is 43.7 Å². The standard InChI is InChI=1S/C24H33NO2/c1-3-4-23(15-25)22-10-9-20-13-19(5-8-21(20)14-22)17-27-16-18-6-11-24(26-2)12-7-18/h6-7,9-12,14,19,23H,3-5,8,13,15-17,25H2,1-2H3/t19-,23?/m0/s1. The molecule has 2 N–H and O–H groups in total. The van der Waals surface area contributed by atoms with Gasteiger partial charge < -0.3 is 15.2 Å². The van der Waals surface area contributed by atoms with Crippen LogP contribution in [0.3, 0.4) is 0 Å². The number of ether oxygens (including phenoxy) is 2. The first kappa shape index (κ1) is 19.9. The predicted octanol–water partition coefficient (Wildman–Crippen LogP) is 4.86. The minimum atomic E-state index is 0.505. The van der Waals surface area contributed by atoms with Gasteiger partial charge in [0, 0.05) is 0 Å². The van der Waals surface area contributed by atoms with Gasteiger partial charge >= 0.3 is 0 Å². The van der Waals surface area contributed by atoms with Crippen molar-refractivity contribution in [1.82, 2.24) is 0 Å². The van der Waals surface area contributed by atoms with Crippen molar-refractivity contribution in [2.45, 2.75) is 51.6 Å². The molecule has 2 aromatic carbocycles. The molecule has 0 amide bonds. The van der Waals surface area contributed by atoms with Gasteiger partial charge in [0.2, 0.25) is 0 Å². The number of benzene rings is 2. The Kier molecular flexibility index (Phi) is 7.31. The molecule has 3 heteroatoms. The summed E-state index contributed by atoms with van der Waals surface area (Å²) in [4.78, 5) is 0. The molecule has 0 spiro atoms. The Morgan fingerprint density at radius 2 is 1.93 bits per heavy atom. The second-order valence-corrected chi connectivity index (χ2v) is 7.72. The number of fused-ring (bicyclic) bond motifs is 1. The second kappa shape index (κ2) is 9.91. The number of aryl methyl sites for hydroxylation is 1. The average molecular weight is 368 g/mol. The monoisotopic (exact) mass is 367 g/mol. The van der Waals surface area contributed by atoms with E-state index in [2.05, 4.69) is 37.3 Å². The summed E-state index contributed by atoms with van der Waals surface area (Å²) < 4.78 is 11.2. The third-order valence-corrected chi connectivity index (χ3v) is 5.74. The molecule has 3 rings (SSSR count). The van der Waals surface area contributed by atoms with Crippen LogP contribution >= 0.6 is 0 Å². The highest BCUT2D eigenvalue weighted by molar-refractivity contribution is 5.36. The van der Waals surface area contributed by atoms with E-state index in [1.807, 2.05) is 12.1 Å². The summed E-state index contributed by atoms with van der Waals surface area (Å²) >= 11 is 0. The first-order valence-corrected chi connectivity index (χ1v) is 10.3. The van der Waals surface area contributed by atoms with Crippen LogP contribution in [0.1, 0.15) is 54.4 Å². The third-order valence-electron chi connectivity index (χ3n) is 5.74. The van der Waals surface area contributed by atoms with Gasteiger partial charge in [-0.25, -0.2) is 0 Å². The lowest BCUT2D eigenvalue weighted by Gasteiger charge is -2.26. The number of methoxy groups -OCH3 is 1. The largest absolute Gasteiger partial charge is 0.497 e. The molecule has 1 aliphatic carbocycles. The zero-order chi connectivity index (χ0) is 19.1. The fraction of sp³-hybridized carbons (Fsp3) is 0.500. The molecule has 0 bridgehead atoms. The Bertz CT molecular complexity index is 711. The Balaban J connectivity index is 1.52.